The van der Waals surface area contributed by atoms with Crippen molar-refractivity contribution in [2.45, 2.75) is 6.54 Å². The lowest BCUT2D eigenvalue weighted by atomic mass is 10.1. The van der Waals surface area contributed by atoms with Crippen molar-refractivity contribution in [1.82, 2.24) is 15.3 Å². The first-order valence-corrected chi connectivity index (χ1v) is 9.93. The van der Waals surface area contributed by atoms with Crippen LogP contribution in [0.2, 0.25) is 5.02 Å². The average molecular weight is 433 g/mol. The minimum atomic E-state index is -0.293. The summed E-state index contributed by atoms with van der Waals surface area (Å²) in [6, 6.07) is 20.6. The third-order valence-electron chi connectivity index (χ3n) is 4.61. The Morgan fingerprint density at radius 3 is 2.39 bits per heavy atom. The summed E-state index contributed by atoms with van der Waals surface area (Å²) in [4.78, 5) is 21.1. The molecule has 1 heterocycles. The fourth-order valence-electron chi connectivity index (χ4n) is 2.97. The van der Waals surface area contributed by atoms with Crippen LogP contribution < -0.4 is 10.6 Å². The lowest BCUT2D eigenvalue weighted by molar-refractivity contribution is 0.0951. The van der Waals surface area contributed by atoms with Crippen molar-refractivity contribution in [2.24, 2.45) is 0 Å². The van der Waals surface area contributed by atoms with E-state index >= 15 is 0 Å². The van der Waals surface area contributed by atoms with Gasteiger partial charge >= 0.3 is 0 Å². The quantitative estimate of drug-likeness (QED) is 0.415. The highest BCUT2D eigenvalue weighted by molar-refractivity contribution is 6.31. The summed E-state index contributed by atoms with van der Waals surface area (Å²) >= 11 is 6.13. The molecule has 0 unspecified atom stereocenters. The predicted molar refractivity (Wildman–Crippen MR) is 120 cm³/mol. The van der Waals surface area contributed by atoms with Gasteiger partial charge in [0, 0.05) is 40.8 Å². The van der Waals surface area contributed by atoms with Gasteiger partial charge in [-0.1, -0.05) is 48.0 Å². The Bertz CT molecular complexity index is 1200. The summed E-state index contributed by atoms with van der Waals surface area (Å²) in [7, 11) is 0. The molecular formula is C24H18ClFN4O. The number of aromatic nitrogens is 2. The molecule has 31 heavy (non-hydrogen) atoms. The number of carbonyl (C=O) groups is 1. The van der Waals surface area contributed by atoms with Gasteiger partial charge in [0.05, 0.1) is 0 Å². The van der Waals surface area contributed by atoms with E-state index in [1.807, 2.05) is 24.3 Å². The van der Waals surface area contributed by atoms with Gasteiger partial charge in [-0.3, -0.25) is 4.79 Å². The van der Waals surface area contributed by atoms with Crippen LogP contribution in [-0.4, -0.2) is 15.9 Å². The molecule has 5 nitrogen and oxygen atoms in total. The number of hydrogen-bond acceptors (Lipinski definition) is 4. The van der Waals surface area contributed by atoms with Gasteiger partial charge in [-0.15, -0.1) is 0 Å². The highest BCUT2D eigenvalue weighted by Gasteiger charge is 2.08. The smallest absolute Gasteiger partial charge is 0.251 e. The summed E-state index contributed by atoms with van der Waals surface area (Å²) in [6.07, 6.45) is 3.31. The minimum absolute atomic E-state index is 0.212. The van der Waals surface area contributed by atoms with E-state index in [1.54, 1.807) is 48.8 Å². The van der Waals surface area contributed by atoms with Crippen LogP contribution in [0.5, 0.6) is 0 Å². The third-order valence-corrected chi connectivity index (χ3v) is 4.98. The molecular weight excluding hydrogens is 415 g/mol. The van der Waals surface area contributed by atoms with E-state index < -0.39 is 0 Å². The van der Waals surface area contributed by atoms with Crippen molar-refractivity contribution in [1.29, 1.82) is 0 Å². The van der Waals surface area contributed by atoms with Gasteiger partial charge in [-0.2, -0.15) is 0 Å². The normalized spacial score (nSPS) is 10.5. The largest absolute Gasteiger partial charge is 0.348 e. The summed E-state index contributed by atoms with van der Waals surface area (Å²) < 4.78 is 13.1. The van der Waals surface area contributed by atoms with Crippen molar-refractivity contribution in [3.05, 3.63) is 107 Å². The van der Waals surface area contributed by atoms with Gasteiger partial charge in [0.2, 0.25) is 5.95 Å². The number of rotatable bonds is 6. The van der Waals surface area contributed by atoms with Crippen molar-refractivity contribution in [3.63, 3.8) is 0 Å². The van der Waals surface area contributed by atoms with E-state index in [0.29, 0.717) is 28.8 Å². The summed E-state index contributed by atoms with van der Waals surface area (Å²) in [5.74, 6) is -0.116. The Kier molecular flexibility index (Phi) is 6.19. The number of nitrogens with zero attached hydrogens (tertiary/aromatic N) is 2. The molecule has 4 rings (SSSR count). The molecule has 3 aromatic carbocycles. The van der Waals surface area contributed by atoms with Crippen molar-refractivity contribution < 1.29 is 9.18 Å². The molecule has 2 N–H and O–H groups in total. The van der Waals surface area contributed by atoms with Crippen LogP contribution >= 0.6 is 11.6 Å². The number of anilines is 2. The maximum Gasteiger partial charge on any atom is 0.251 e. The van der Waals surface area contributed by atoms with Gasteiger partial charge in [-0.25, -0.2) is 14.4 Å². The van der Waals surface area contributed by atoms with Crippen molar-refractivity contribution >= 4 is 29.1 Å². The van der Waals surface area contributed by atoms with E-state index in [4.69, 9.17) is 11.6 Å². The SMILES string of the molecule is O=C(NCc1ccccc1Cl)c1cccc(Nc2ncc(-c3ccc(F)cc3)cn2)c1. The highest BCUT2D eigenvalue weighted by Crippen LogP contribution is 2.20. The predicted octanol–water partition coefficient (Wildman–Crippen LogP) is 5.61. The van der Waals surface area contributed by atoms with Crippen LogP contribution in [0.15, 0.2) is 85.2 Å². The van der Waals surface area contributed by atoms with E-state index in [9.17, 15) is 9.18 Å². The molecule has 1 aromatic heterocycles. The highest BCUT2D eigenvalue weighted by atomic mass is 35.5. The zero-order valence-electron chi connectivity index (χ0n) is 16.3. The number of hydrogen-bond donors (Lipinski definition) is 2. The zero-order chi connectivity index (χ0) is 21.6. The fourth-order valence-corrected chi connectivity index (χ4v) is 3.17. The van der Waals surface area contributed by atoms with Crippen LogP contribution in [0.1, 0.15) is 15.9 Å². The molecule has 0 radical (unpaired) electrons. The molecule has 1 amide bonds. The van der Waals surface area contributed by atoms with Crippen molar-refractivity contribution in [3.8, 4) is 11.1 Å². The Morgan fingerprint density at radius 2 is 1.65 bits per heavy atom. The van der Waals surface area contributed by atoms with E-state index in [2.05, 4.69) is 20.6 Å². The molecule has 0 bridgehead atoms. The standard InChI is InChI=1S/C24H18ClFN4O/c25-22-7-2-1-4-18(22)13-27-23(31)17-5-3-6-21(12-17)30-24-28-14-19(15-29-24)16-8-10-20(26)11-9-16/h1-12,14-15H,13H2,(H,27,31)(H,28,29,30). The van der Waals surface area contributed by atoms with Gasteiger partial charge in [0.15, 0.2) is 0 Å². The van der Waals surface area contributed by atoms with E-state index in [1.165, 1.54) is 12.1 Å². The number of benzene rings is 3. The maximum atomic E-state index is 13.1. The Balaban J connectivity index is 1.41. The lowest BCUT2D eigenvalue weighted by Gasteiger charge is -2.09. The number of carbonyl (C=O) groups excluding carboxylic acids is 1. The van der Waals surface area contributed by atoms with E-state index in [-0.39, 0.29) is 11.7 Å². The molecule has 0 atom stereocenters. The minimum Gasteiger partial charge on any atom is -0.348 e. The second-order valence-corrected chi connectivity index (χ2v) is 7.19. The number of halogens is 2. The molecule has 0 aliphatic heterocycles. The van der Waals surface area contributed by atoms with Gasteiger partial charge < -0.3 is 10.6 Å². The lowest BCUT2D eigenvalue weighted by Crippen LogP contribution is -2.23. The van der Waals surface area contributed by atoms with Gasteiger partial charge in [0.1, 0.15) is 5.82 Å². The average Bonchev–Trinajstić information content (AvgIpc) is 2.80. The summed E-state index contributed by atoms with van der Waals surface area (Å²) in [6.45, 7) is 0.337. The Labute approximate surface area is 184 Å². The Morgan fingerprint density at radius 1 is 0.903 bits per heavy atom. The first-order chi connectivity index (χ1) is 15.1. The molecule has 0 fully saturated rings. The second kappa shape index (κ2) is 9.36. The molecule has 0 spiro atoms. The van der Waals surface area contributed by atoms with Crippen LogP contribution in [0, 0.1) is 5.82 Å². The van der Waals surface area contributed by atoms with Crippen LogP contribution in [0.25, 0.3) is 11.1 Å². The first kappa shape index (κ1) is 20.5. The number of amides is 1. The molecule has 154 valence electrons. The first-order valence-electron chi connectivity index (χ1n) is 9.55. The van der Waals surface area contributed by atoms with Crippen molar-refractivity contribution in [2.75, 3.05) is 5.32 Å². The molecule has 0 saturated carbocycles. The molecule has 0 saturated heterocycles. The zero-order valence-corrected chi connectivity index (χ0v) is 17.1. The van der Waals surface area contributed by atoms with Crippen LogP contribution in [0.3, 0.4) is 0 Å². The molecule has 0 aliphatic rings. The van der Waals surface area contributed by atoms with Crippen LogP contribution in [-0.2, 0) is 6.54 Å². The third kappa shape index (κ3) is 5.24. The summed E-state index contributed by atoms with van der Waals surface area (Å²) in [5, 5.41) is 6.56. The topological polar surface area (TPSA) is 66.9 Å². The van der Waals surface area contributed by atoms with E-state index in [0.717, 1.165) is 16.7 Å². The van der Waals surface area contributed by atoms with Gasteiger partial charge in [0.25, 0.3) is 5.91 Å². The fraction of sp³-hybridized carbons (Fsp3) is 0.0417. The maximum absolute atomic E-state index is 13.1. The monoisotopic (exact) mass is 432 g/mol. The molecule has 4 aromatic rings. The Hall–Kier alpha value is -3.77. The molecule has 0 aliphatic carbocycles. The summed E-state index contributed by atoms with van der Waals surface area (Å²) in [5.41, 5.74) is 3.63. The second-order valence-electron chi connectivity index (χ2n) is 6.78. The molecule has 7 heteroatoms. The van der Waals surface area contributed by atoms with Crippen LogP contribution in [0.4, 0.5) is 16.0 Å². The van der Waals surface area contributed by atoms with Gasteiger partial charge in [-0.05, 0) is 47.5 Å². The number of nitrogens with one attached hydrogen (secondary N) is 2.